The lowest BCUT2D eigenvalue weighted by atomic mass is 10.1. The summed E-state index contributed by atoms with van der Waals surface area (Å²) in [6.07, 6.45) is 2.76. The van der Waals surface area contributed by atoms with E-state index in [0.29, 0.717) is 0 Å². The molecular formula is C10H13ClN2. The highest BCUT2D eigenvalue weighted by Crippen LogP contribution is 2.15. The van der Waals surface area contributed by atoms with Crippen LogP contribution in [-0.4, -0.2) is 13.3 Å². The van der Waals surface area contributed by atoms with E-state index in [1.54, 1.807) is 13.3 Å². The zero-order valence-corrected chi connectivity index (χ0v) is 8.60. The maximum absolute atomic E-state index is 5.87. The van der Waals surface area contributed by atoms with E-state index >= 15 is 0 Å². The highest BCUT2D eigenvalue weighted by Gasteiger charge is 1.98. The predicted molar refractivity (Wildman–Crippen MR) is 57.5 cm³/mol. The number of nitrogens with one attached hydrogen (secondary N) is 1. The maximum Gasteiger partial charge on any atom is 0.0543 e. The Hall–Kier alpha value is -1.02. The molecule has 0 aromatic heterocycles. The van der Waals surface area contributed by atoms with Gasteiger partial charge in [-0.25, -0.2) is 0 Å². The molecule has 0 aliphatic carbocycles. The van der Waals surface area contributed by atoms with Crippen molar-refractivity contribution in [2.75, 3.05) is 7.05 Å². The molecule has 0 heterocycles. The molecule has 0 atom stereocenters. The number of aryl methyl sites for hydroxylation is 1. The second-order valence-electron chi connectivity index (χ2n) is 2.68. The van der Waals surface area contributed by atoms with Crippen molar-refractivity contribution in [1.29, 1.82) is 0 Å². The van der Waals surface area contributed by atoms with Crippen molar-refractivity contribution in [3.8, 4) is 0 Å². The van der Waals surface area contributed by atoms with Crippen molar-refractivity contribution in [3.05, 3.63) is 34.3 Å². The topological polar surface area (TPSA) is 24.4 Å². The second-order valence-corrected chi connectivity index (χ2v) is 3.11. The number of hydrogen-bond acceptors (Lipinski definition) is 2. The van der Waals surface area contributed by atoms with E-state index in [-0.39, 0.29) is 0 Å². The molecule has 0 radical (unpaired) electrons. The number of halogens is 1. The summed E-state index contributed by atoms with van der Waals surface area (Å²) < 4.78 is 0. The van der Waals surface area contributed by atoms with E-state index in [0.717, 1.165) is 17.0 Å². The Bertz CT molecular complexity index is 308. The van der Waals surface area contributed by atoms with E-state index < -0.39 is 0 Å². The Balaban J connectivity index is 2.99. The summed E-state index contributed by atoms with van der Waals surface area (Å²) in [7, 11) is 1.78. The molecule has 1 N–H and O–H groups in total. The van der Waals surface area contributed by atoms with Gasteiger partial charge in [-0.2, -0.15) is 5.10 Å². The first kappa shape index (κ1) is 10.1. The lowest BCUT2D eigenvalue weighted by molar-refractivity contribution is 0.907. The molecule has 70 valence electrons. The van der Waals surface area contributed by atoms with Gasteiger partial charge >= 0.3 is 0 Å². The summed E-state index contributed by atoms with van der Waals surface area (Å²) in [6, 6.07) is 5.82. The number of rotatable bonds is 3. The summed E-state index contributed by atoms with van der Waals surface area (Å²) in [4.78, 5) is 0. The lowest BCUT2D eigenvalue weighted by Gasteiger charge is -2.02. The van der Waals surface area contributed by atoms with Crippen LogP contribution < -0.4 is 5.43 Å². The molecule has 0 saturated heterocycles. The second kappa shape index (κ2) is 4.87. The molecule has 0 aliphatic heterocycles. The summed E-state index contributed by atoms with van der Waals surface area (Å²) in [5.74, 6) is 0. The van der Waals surface area contributed by atoms with Crippen LogP contribution in [0.1, 0.15) is 18.1 Å². The SMILES string of the molecule is CCc1cc(Cl)ccc1/C=N/NC. The minimum atomic E-state index is 0.776. The third-order valence-electron chi connectivity index (χ3n) is 1.82. The Labute approximate surface area is 83.6 Å². The standard InChI is InChI=1S/C10H13ClN2/c1-3-8-6-10(11)5-4-9(8)7-13-12-2/h4-7,12H,3H2,1-2H3/b13-7+. The van der Waals surface area contributed by atoms with Crippen LogP contribution >= 0.6 is 11.6 Å². The van der Waals surface area contributed by atoms with Crippen molar-refractivity contribution < 1.29 is 0 Å². The first-order chi connectivity index (χ1) is 6.27. The van der Waals surface area contributed by atoms with E-state index in [4.69, 9.17) is 11.6 Å². The average Bonchev–Trinajstić information content (AvgIpc) is 2.16. The van der Waals surface area contributed by atoms with Crippen LogP contribution in [0.4, 0.5) is 0 Å². The van der Waals surface area contributed by atoms with Gasteiger partial charge in [0, 0.05) is 12.1 Å². The van der Waals surface area contributed by atoms with Crippen LogP contribution in [0.15, 0.2) is 23.3 Å². The molecule has 1 aromatic rings. The van der Waals surface area contributed by atoms with Gasteiger partial charge in [0.05, 0.1) is 6.21 Å². The molecule has 0 spiro atoms. The molecule has 1 aromatic carbocycles. The molecule has 13 heavy (non-hydrogen) atoms. The summed E-state index contributed by atoms with van der Waals surface area (Å²) in [5, 5.41) is 4.74. The van der Waals surface area contributed by atoms with Gasteiger partial charge in [0.15, 0.2) is 0 Å². The first-order valence-electron chi connectivity index (χ1n) is 4.26. The molecule has 1 rings (SSSR count). The van der Waals surface area contributed by atoms with Crippen LogP contribution in [0.2, 0.25) is 5.02 Å². The molecule has 0 amide bonds. The lowest BCUT2D eigenvalue weighted by Crippen LogP contribution is -1.97. The van der Waals surface area contributed by atoms with Gasteiger partial charge in [0.25, 0.3) is 0 Å². The van der Waals surface area contributed by atoms with Crippen molar-refractivity contribution in [2.24, 2.45) is 5.10 Å². The van der Waals surface area contributed by atoms with Crippen molar-refractivity contribution in [3.63, 3.8) is 0 Å². The third kappa shape index (κ3) is 2.74. The molecule has 3 heteroatoms. The Morgan fingerprint density at radius 2 is 2.31 bits per heavy atom. The fourth-order valence-corrected chi connectivity index (χ4v) is 1.34. The normalized spacial score (nSPS) is 10.7. The molecule has 0 aliphatic rings. The maximum atomic E-state index is 5.87. The van der Waals surface area contributed by atoms with Crippen LogP contribution in [0.5, 0.6) is 0 Å². The van der Waals surface area contributed by atoms with Crippen LogP contribution in [-0.2, 0) is 6.42 Å². The minimum Gasteiger partial charge on any atom is -0.313 e. The summed E-state index contributed by atoms with van der Waals surface area (Å²) >= 11 is 5.87. The van der Waals surface area contributed by atoms with Gasteiger partial charge in [-0.15, -0.1) is 0 Å². The van der Waals surface area contributed by atoms with Crippen LogP contribution in [0.3, 0.4) is 0 Å². The molecular weight excluding hydrogens is 184 g/mol. The Morgan fingerprint density at radius 3 is 2.92 bits per heavy atom. The van der Waals surface area contributed by atoms with E-state index in [2.05, 4.69) is 17.5 Å². The predicted octanol–water partition coefficient (Wildman–Crippen LogP) is 2.46. The van der Waals surface area contributed by atoms with E-state index in [1.807, 2.05) is 18.2 Å². The summed E-state index contributed by atoms with van der Waals surface area (Å²) in [6.45, 7) is 2.10. The van der Waals surface area contributed by atoms with E-state index in [1.165, 1.54) is 5.56 Å². The fourth-order valence-electron chi connectivity index (χ4n) is 1.14. The van der Waals surface area contributed by atoms with Gasteiger partial charge in [0.1, 0.15) is 0 Å². The summed E-state index contributed by atoms with van der Waals surface area (Å²) in [5.41, 5.74) is 5.05. The fraction of sp³-hybridized carbons (Fsp3) is 0.300. The molecule has 0 unspecified atom stereocenters. The van der Waals surface area contributed by atoms with Crippen LogP contribution in [0.25, 0.3) is 0 Å². The van der Waals surface area contributed by atoms with Gasteiger partial charge < -0.3 is 5.43 Å². The smallest absolute Gasteiger partial charge is 0.0543 e. The molecule has 0 saturated carbocycles. The van der Waals surface area contributed by atoms with Gasteiger partial charge in [-0.05, 0) is 29.7 Å². The third-order valence-corrected chi connectivity index (χ3v) is 2.05. The minimum absolute atomic E-state index is 0.776. The highest BCUT2D eigenvalue weighted by molar-refractivity contribution is 6.30. The Morgan fingerprint density at radius 1 is 1.54 bits per heavy atom. The first-order valence-corrected chi connectivity index (χ1v) is 4.64. The van der Waals surface area contributed by atoms with Crippen molar-refractivity contribution in [2.45, 2.75) is 13.3 Å². The van der Waals surface area contributed by atoms with Gasteiger partial charge in [-0.3, -0.25) is 0 Å². The van der Waals surface area contributed by atoms with Crippen molar-refractivity contribution >= 4 is 17.8 Å². The molecule has 2 nitrogen and oxygen atoms in total. The number of nitrogens with zero attached hydrogens (tertiary/aromatic N) is 1. The highest BCUT2D eigenvalue weighted by atomic mass is 35.5. The number of hydrogen-bond donors (Lipinski definition) is 1. The Kier molecular flexibility index (Phi) is 3.77. The molecule has 0 fully saturated rings. The zero-order chi connectivity index (χ0) is 9.68. The van der Waals surface area contributed by atoms with Crippen LogP contribution in [0, 0.1) is 0 Å². The van der Waals surface area contributed by atoms with Crippen molar-refractivity contribution in [1.82, 2.24) is 5.43 Å². The largest absolute Gasteiger partial charge is 0.313 e. The quantitative estimate of drug-likeness (QED) is 0.583. The number of hydrazone groups is 1. The van der Waals surface area contributed by atoms with Gasteiger partial charge in [0.2, 0.25) is 0 Å². The van der Waals surface area contributed by atoms with E-state index in [9.17, 15) is 0 Å². The average molecular weight is 197 g/mol. The monoisotopic (exact) mass is 196 g/mol. The number of benzene rings is 1. The van der Waals surface area contributed by atoms with Gasteiger partial charge in [-0.1, -0.05) is 24.6 Å². The molecule has 0 bridgehead atoms. The zero-order valence-electron chi connectivity index (χ0n) is 7.84.